The van der Waals surface area contributed by atoms with Crippen LogP contribution in [0, 0.1) is 5.82 Å². The van der Waals surface area contributed by atoms with Crippen LogP contribution in [-0.2, 0) is 11.3 Å². The third-order valence-electron chi connectivity index (χ3n) is 3.54. The van der Waals surface area contributed by atoms with Crippen molar-refractivity contribution in [1.29, 1.82) is 0 Å². The fourth-order valence-electron chi connectivity index (χ4n) is 2.33. The van der Waals surface area contributed by atoms with E-state index >= 15 is 0 Å². The molecule has 0 heterocycles. The van der Waals surface area contributed by atoms with E-state index in [2.05, 4.69) is 10.6 Å². The van der Waals surface area contributed by atoms with E-state index < -0.39 is 0 Å². The summed E-state index contributed by atoms with van der Waals surface area (Å²) < 4.78 is 18.7. The summed E-state index contributed by atoms with van der Waals surface area (Å²) in [6.45, 7) is 4.06. The molecule has 0 saturated heterocycles. The molecule has 0 fully saturated rings. The second-order valence-electron chi connectivity index (χ2n) is 5.37. The van der Waals surface area contributed by atoms with Gasteiger partial charge in [-0.2, -0.15) is 0 Å². The lowest BCUT2D eigenvalue weighted by Crippen LogP contribution is -2.19. The van der Waals surface area contributed by atoms with E-state index in [4.69, 9.17) is 4.74 Å². The van der Waals surface area contributed by atoms with Gasteiger partial charge < -0.3 is 15.4 Å². The highest BCUT2D eigenvalue weighted by Crippen LogP contribution is 2.26. The van der Waals surface area contributed by atoms with E-state index in [1.165, 1.54) is 19.1 Å². The number of carbonyl (C=O) groups is 1. The lowest BCUT2D eigenvalue weighted by molar-refractivity contribution is -0.114. The Morgan fingerprint density at radius 1 is 1.22 bits per heavy atom. The van der Waals surface area contributed by atoms with Crippen LogP contribution in [0.15, 0.2) is 42.5 Å². The zero-order valence-corrected chi connectivity index (χ0v) is 13.5. The minimum absolute atomic E-state index is 0.0596. The van der Waals surface area contributed by atoms with Gasteiger partial charge in [-0.05, 0) is 42.8 Å². The van der Waals surface area contributed by atoms with Gasteiger partial charge >= 0.3 is 0 Å². The topological polar surface area (TPSA) is 50.4 Å². The minimum Gasteiger partial charge on any atom is -0.496 e. The standard InChI is InChI=1S/C18H21FN2O2/c1-12(17-10-15(19)6-9-18(17)23-3)20-11-14-4-7-16(8-5-14)21-13(2)22/h4-10,12,20H,11H2,1-3H3,(H,21,22)/t12-/m0/s1. The second kappa shape index (κ2) is 7.74. The molecular formula is C18H21FN2O2. The molecule has 5 heteroatoms. The summed E-state index contributed by atoms with van der Waals surface area (Å²) in [5, 5.41) is 6.07. The zero-order valence-electron chi connectivity index (χ0n) is 13.5. The maximum absolute atomic E-state index is 13.4. The Morgan fingerprint density at radius 2 is 1.91 bits per heavy atom. The maximum atomic E-state index is 13.4. The van der Waals surface area contributed by atoms with Crippen LogP contribution in [-0.4, -0.2) is 13.0 Å². The molecule has 1 amide bonds. The SMILES string of the molecule is COc1ccc(F)cc1[C@H](C)NCc1ccc(NC(C)=O)cc1. The number of amides is 1. The van der Waals surface area contributed by atoms with Gasteiger partial charge in [0, 0.05) is 30.8 Å². The summed E-state index contributed by atoms with van der Waals surface area (Å²) in [7, 11) is 1.57. The second-order valence-corrected chi connectivity index (χ2v) is 5.37. The van der Waals surface area contributed by atoms with Crippen molar-refractivity contribution in [1.82, 2.24) is 5.32 Å². The summed E-state index contributed by atoms with van der Waals surface area (Å²) in [6, 6.07) is 12.0. The average Bonchev–Trinajstić information content (AvgIpc) is 2.53. The van der Waals surface area contributed by atoms with Crippen LogP contribution >= 0.6 is 0 Å². The van der Waals surface area contributed by atoms with Crippen LogP contribution in [0.2, 0.25) is 0 Å². The minimum atomic E-state index is -0.283. The number of halogens is 1. The fourth-order valence-corrected chi connectivity index (χ4v) is 2.33. The number of nitrogens with one attached hydrogen (secondary N) is 2. The van der Waals surface area contributed by atoms with Crippen molar-refractivity contribution < 1.29 is 13.9 Å². The molecule has 4 nitrogen and oxygen atoms in total. The average molecular weight is 316 g/mol. The largest absolute Gasteiger partial charge is 0.496 e. The predicted octanol–water partition coefficient (Wildman–Crippen LogP) is 3.64. The van der Waals surface area contributed by atoms with Crippen LogP contribution in [0.3, 0.4) is 0 Å². The molecule has 0 spiro atoms. The zero-order chi connectivity index (χ0) is 16.8. The summed E-state index contributed by atoms with van der Waals surface area (Å²) in [5.74, 6) is 0.282. The number of hydrogen-bond donors (Lipinski definition) is 2. The Hall–Kier alpha value is -2.40. The molecule has 0 bridgehead atoms. The molecule has 122 valence electrons. The van der Waals surface area contributed by atoms with Crippen molar-refractivity contribution in [3.8, 4) is 5.75 Å². The van der Waals surface area contributed by atoms with Crippen molar-refractivity contribution in [3.05, 3.63) is 59.4 Å². The van der Waals surface area contributed by atoms with E-state index in [1.54, 1.807) is 13.2 Å². The van der Waals surface area contributed by atoms with Crippen LogP contribution in [0.25, 0.3) is 0 Å². The van der Waals surface area contributed by atoms with Crippen LogP contribution in [0.1, 0.15) is 31.0 Å². The number of methoxy groups -OCH3 is 1. The first-order valence-electron chi connectivity index (χ1n) is 7.43. The van der Waals surface area contributed by atoms with Crippen molar-refractivity contribution in [2.45, 2.75) is 26.4 Å². The highest BCUT2D eigenvalue weighted by molar-refractivity contribution is 5.88. The molecule has 0 radical (unpaired) electrons. The summed E-state index contributed by atoms with van der Waals surface area (Å²) >= 11 is 0. The first-order chi connectivity index (χ1) is 11.0. The van der Waals surface area contributed by atoms with Gasteiger partial charge in [-0.25, -0.2) is 4.39 Å². The fraction of sp³-hybridized carbons (Fsp3) is 0.278. The number of rotatable bonds is 6. The van der Waals surface area contributed by atoms with Gasteiger partial charge in [0.15, 0.2) is 0 Å². The third-order valence-corrected chi connectivity index (χ3v) is 3.54. The number of benzene rings is 2. The maximum Gasteiger partial charge on any atom is 0.221 e. The van der Waals surface area contributed by atoms with E-state index in [9.17, 15) is 9.18 Å². The molecule has 2 aromatic rings. The number of hydrogen-bond acceptors (Lipinski definition) is 3. The molecular weight excluding hydrogens is 295 g/mol. The normalized spacial score (nSPS) is 11.8. The molecule has 0 unspecified atom stereocenters. The van der Waals surface area contributed by atoms with Crippen molar-refractivity contribution in [2.75, 3.05) is 12.4 Å². The van der Waals surface area contributed by atoms with Crippen LogP contribution in [0.5, 0.6) is 5.75 Å². The van der Waals surface area contributed by atoms with Crippen molar-refractivity contribution in [2.24, 2.45) is 0 Å². The predicted molar refractivity (Wildman–Crippen MR) is 89.0 cm³/mol. The summed E-state index contributed by atoms with van der Waals surface area (Å²) in [6.07, 6.45) is 0. The van der Waals surface area contributed by atoms with Gasteiger partial charge in [0.1, 0.15) is 11.6 Å². The van der Waals surface area contributed by atoms with Gasteiger partial charge in [-0.3, -0.25) is 4.79 Å². The van der Waals surface area contributed by atoms with Gasteiger partial charge in [0.05, 0.1) is 7.11 Å². The smallest absolute Gasteiger partial charge is 0.221 e. The van der Waals surface area contributed by atoms with Gasteiger partial charge in [0.2, 0.25) is 5.91 Å². The van der Waals surface area contributed by atoms with E-state index in [0.717, 1.165) is 16.8 Å². The first-order valence-corrected chi connectivity index (χ1v) is 7.43. The molecule has 0 aliphatic heterocycles. The van der Waals surface area contributed by atoms with Crippen molar-refractivity contribution >= 4 is 11.6 Å². The number of carbonyl (C=O) groups excluding carboxylic acids is 1. The quantitative estimate of drug-likeness (QED) is 0.855. The molecule has 0 aromatic heterocycles. The monoisotopic (exact) mass is 316 g/mol. The summed E-state index contributed by atoms with van der Waals surface area (Å²) in [5.41, 5.74) is 2.62. The molecule has 0 aliphatic rings. The van der Waals surface area contributed by atoms with Crippen LogP contribution < -0.4 is 15.4 Å². The summed E-state index contributed by atoms with van der Waals surface area (Å²) in [4.78, 5) is 11.0. The Morgan fingerprint density at radius 3 is 2.52 bits per heavy atom. The molecule has 2 rings (SSSR count). The molecule has 2 N–H and O–H groups in total. The molecule has 2 aromatic carbocycles. The lowest BCUT2D eigenvalue weighted by atomic mass is 10.1. The molecule has 23 heavy (non-hydrogen) atoms. The number of ether oxygens (including phenoxy) is 1. The Labute approximate surface area is 135 Å². The first kappa shape index (κ1) is 17.0. The van der Waals surface area contributed by atoms with E-state index in [1.807, 2.05) is 31.2 Å². The van der Waals surface area contributed by atoms with Gasteiger partial charge in [-0.15, -0.1) is 0 Å². The van der Waals surface area contributed by atoms with Gasteiger partial charge in [0.25, 0.3) is 0 Å². The highest BCUT2D eigenvalue weighted by Gasteiger charge is 2.12. The molecule has 0 aliphatic carbocycles. The molecule has 0 saturated carbocycles. The van der Waals surface area contributed by atoms with E-state index in [-0.39, 0.29) is 17.8 Å². The number of anilines is 1. The van der Waals surface area contributed by atoms with Gasteiger partial charge in [-0.1, -0.05) is 12.1 Å². The van der Waals surface area contributed by atoms with Crippen molar-refractivity contribution in [3.63, 3.8) is 0 Å². The lowest BCUT2D eigenvalue weighted by Gasteiger charge is -2.17. The Kier molecular flexibility index (Phi) is 5.71. The highest BCUT2D eigenvalue weighted by atomic mass is 19.1. The Balaban J connectivity index is 2.00. The van der Waals surface area contributed by atoms with Crippen LogP contribution in [0.4, 0.5) is 10.1 Å². The van der Waals surface area contributed by atoms with E-state index in [0.29, 0.717) is 12.3 Å². The third kappa shape index (κ3) is 4.79. The molecule has 1 atom stereocenters. The Bertz CT molecular complexity index is 671.